The molecule has 0 bridgehead atoms. The molecule has 0 saturated heterocycles. The molecule has 0 atom stereocenters. The van der Waals surface area contributed by atoms with Crippen LogP contribution in [0.2, 0.25) is 0 Å². The van der Waals surface area contributed by atoms with Gasteiger partial charge < -0.3 is 10.4 Å². The Morgan fingerprint density at radius 1 is 1.45 bits per heavy atom. The Balaban J connectivity index is 2.32. The van der Waals surface area contributed by atoms with Crippen LogP contribution in [0.5, 0.6) is 0 Å². The SMILES string of the molecule is Cc1ccc(C(=O)Nc2ccnn2C)c(C#CCO)c1. The van der Waals surface area contributed by atoms with Gasteiger partial charge in [-0.2, -0.15) is 5.10 Å². The van der Waals surface area contributed by atoms with Crippen LogP contribution in [0.15, 0.2) is 30.5 Å². The third kappa shape index (κ3) is 3.05. The summed E-state index contributed by atoms with van der Waals surface area (Å²) in [6, 6.07) is 7.11. The number of aliphatic hydroxyl groups is 1. The van der Waals surface area contributed by atoms with E-state index < -0.39 is 0 Å². The molecule has 1 aromatic carbocycles. The van der Waals surface area contributed by atoms with E-state index in [1.807, 2.05) is 19.1 Å². The van der Waals surface area contributed by atoms with Gasteiger partial charge in [0.15, 0.2) is 0 Å². The van der Waals surface area contributed by atoms with E-state index in [2.05, 4.69) is 22.3 Å². The number of nitrogens with one attached hydrogen (secondary N) is 1. The second kappa shape index (κ2) is 6.04. The molecule has 5 nitrogen and oxygen atoms in total. The van der Waals surface area contributed by atoms with Gasteiger partial charge in [-0.3, -0.25) is 9.48 Å². The average Bonchev–Trinajstić information content (AvgIpc) is 2.82. The zero-order chi connectivity index (χ0) is 14.5. The van der Waals surface area contributed by atoms with Gasteiger partial charge in [0.1, 0.15) is 12.4 Å². The van der Waals surface area contributed by atoms with E-state index >= 15 is 0 Å². The highest BCUT2D eigenvalue weighted by Gasteiger charge is 2.12. The fourth-order valence-electron chi connectivity index (χ4n) is 1.77. The first-order valence-electron chi connectivity index (χ1n) is 6.11. The molecule has 1 aromatic heterocycles. The van der Waals surface area contributed by atoms with Crippen LogP contribution >= 0.6 is 0 Å². The fourth-order valence-corrected chi connectivity index (χ4v) is 1.77. The lowest BCUT2D eigenvalue weighted by Crippen LogP contribution is -2.16. The van der Waals surface area contributed by atoms with Crippen molar-refractivity contribution in [3.05, 3.63) is 47.2 Å². The average molecular weight is 269 g/mol. The van der Waals surface area contributed by atoms with Crippen LogP contribution in [0.25, 0.3) is 0 Å². The molecular formula is C15H15N3O2. The van der Waals surface area contributed by atoms with Crippen molar-refractivity contribution in [1.82, 2.24) is 9.78 Å². The van der Waals surface area contributed by atoms with Gasteiger partial charge in [0.2, 0.25) is 0 Å². The zero-order valence-corrected chi connectivity index (χ0v) is 11.3. The number of aliphatic hydroxyl groups excluding tert-OH is 1. The maximum absolute atomic E-state index is 12.3. The molecule has 0 unspecified atom stereocenters. The summed E-state index contributed by atoms with van der Waals surface area (Å²) in [6.45, 7) is 1.68. The van der Waals surface area contributed by atoms with E-state index in [9.17, 15) is 4.79 Å². The number of anilines is 1. The van der Waals surface area contributed by atoms with Gasteiger partial charge in [-0.15, -0.1) is 0 Å². The first-order valence-corrected chi connectivity index (χ1v) is 6.11. The number of rotatable bonds is 2. The van der Waals surface area contributed by atoms with Gasteiger partial charge in [-0.05, 0) is 24.6 Å². The minimum Gasteiger partial charge on any atom is -0.384 e. The molecule has 2 rings (SSSR count). The van der Waals surface area contributed by atoms with Crippen LogP contribution < -0.4 is 5.32 Å². The first-order chi connectivity index (χ1) is 9.61. The van der Waals surface area contributed by atoms with E-state index in [4.69, 9.17) is 5.11 Å². The third-order valence-corrected chi connectivity index (χ3v) is 2.78. The largest absolute Gasteiger partial charge is 0.384 e. The molecule has 2 aromatic rings. The van der Waals surface area contributed by atoms with E-state index in [0.717, 1.165) is 5.56 Å². The minimum absolute atomic E-state index is 0.239. The molecule has 5 heteroatoms. The highest BCUT2D eigenvalue weighted by atomic mass is 16.2. The normalized spacial score (nSPS) is 9.75. The number of amides is 1. The number of carbonyl (C=O) groups excluding carboxylic acids is 1. The molecule has 0 fully saturated rings. The first kappa shape index (κ1) is 13.8. The molecule has 0 aliphatic carbocycles. The third-order valence-electron chi connectivity index (χ3n) is 2.78. The highest BCUT2D eigenvalue weighted by Crippen LogP contribution is 2.13. The molecule has 1 heterocycles. The van der Waals surface area contributed by atoms with Crippen molar-refractivity contribution < 1.29 is 9.90 Å². The molecule has 20 heavy (non-hydrogen) atoms. The lowest BCUT2D eigenvalue weighted by molar-refractivity contribution is 0.102. The van der Waals surface area contributed by atoms with Gasteiger partial charge in [-0.1, -0.05) is 17.9 Å². The van der Waals surface area contributed by atoms with Crippen molar-refractivity contribution >= 4 is 11.7 Å². The van der Waals surface area contributed by atoms with Crippen LogP contribution in [0.3, 0.4) is 0 Å². The lowest BCUT2D eigenvalue weighted by Gasteiger charge is -2.08. The van der Waals surface area contributed by atoms with E-state index in [1.54, 1.807) is 30.1 Å². The zero-order valence-electron chi connectivity index (χ0n) is 11.3. The fraction of sp³-hybridized carbons (Fsp3) is 0.200. The Hall–Kier alpha value is -2.58. The van der Waals surface area contributed by atoms with Crippen molar-refractivity contribution in [3.8, 4) is 11.8 Å². The van der Waals surface area contributed by atoms with Gasteiger partial charge in [0.05, 0.1) is 11.8 Å². The topological polar surface area (TPSA) is 67.2 Å². The maximum Gasteiger partial charge on any atom is 0.258 e. The van der Waals surface area contributed by atoms with Crippen LogP contribution in [0.1, 0.15) is 21.5 Å². The van der Waals surface area contributed by atoms with Crippen molar-refractivity contribution in [2.75, 3.05) is 11.9 Å². The van der Waals surface area contributed by atoms with Crippen LogP contribution in [0.4, 0.5) is 5.82 Å². The summed E-state index contributed by atoms with van der Waals surface area (Å²) in [6.07, 6.45) is 1.61. The summed E-state index contributed by atoms with van der Waals surface area (Å²) >= 11 is 0. The Bertz CT molecular complexity index is 693. The van der Waals surface area contributed by atoms with Crippen molar-refractivity contribution in [2.45, 2.75) is 6.92 Å². The van der Waals surface area contributed by atoms with Gasteiger partial charge in [0.25, 0.3) is 5.91 Å². The molecule has 2 N–H and O–H groups in total. The molecule has 0 saturated carbocycles. The predicted molar refractivity (Wildman–Crippen MR) is 76.3 cm³/mol. The standard InChI is InChI=1S/C15H15N3O2/c1-11-5-6-13(12(10-11)4-3-9-19)15(20)17-14-7-8-16-18(14)2/h5-8,10,19H,9H2,1-2H3,(H,17,20). The van der Waals surface area contributed by atoms with Gasteiger partial charge in [0, 0.05) is 18.7 Å². The molecule has 1 amide bonds. The number of aryl methyl sites for hydroxylation is 2. The monoisotopic (exact) mass is 269 g/mol. The molecule has 0 aliphatic rings. The number of hydrogen-bond donors (Lipinski definition) is 2. The molecule has 0 spiro atoms. The second-order valence-electron chi connectivity index (χ2n) is 4.30. The smallest absolute Gasteiger partial charge is 0.258 e. The number of benzene rings is 1. The van der Waals surface area contributed by atoms with Crippen LogP contribution in [-0.4, -0.2) is 27.4 Å². The number of hydrogen-bond acceptors (Lipinski definition) is 3. The quantitative estimate of drug-likeness (QED) is 0.808. The van der Waals surface area contributed by atoms with E-state index in [0.29, 0.717) is 16.9 Å². The predicted octanol–water partition coefficient (Wildman–Crippen LogP) is 1.32. The molecule has 102 valence electrons. The second-order valence-corrected chi connectivity index (χ2v) is 4.30. The van der Waals surface area contributed by atoms with Crippen LogP contribution in [0, 0.1) is 18.8 Å². The lowest BCUT2D eigenvalue weighted by atomic mass is 10.0. The maximum atomic E-state index is 12.3. The summed E-state index contributed by atoms with van der Waals surface area (Å²) in [4.78, 5) is 12.3. The van der Waals surface area contributed by atoms with E-state index in [1.165, 1.54) is 0 Å². The van der Waals surface area contributed by atoms with Crippen LogP contribution in [-0.2, 0) is 7.05 Å². The van der Waals surface area contributed by atoms with Crippen molar-refractivity contribution in [2.24, 2.45) is 7.05 Å². The number of nitrogens with zero attached hydrogens (tertiary/aromatic N) is 2. The Kier molecular flexibility index (Phi) is 4.18. The summed E-state index contributed by atoms with van der Waals surface area (Å²) < 4.78 is 1.57. The summed E-state index contributed by atoms with van der Waals surface area (Å²) in [7, 11) is 1.75. The Labute approximate surface area is 117 Å². The molecular weight excluding hydrogens is 254 g/mol. The number of aromatic nitrogens is 2. The van der Waals surface area contributed by atoms with Gasteiger partial charge in [-0.25, -0.2) is 0 Å². The summed E-state index contributed by atoms with van der Waals surface area (Å²) in [5.74, 6) is 5.72. The Morgan fingerprint density at radius 3 is 2.90 bits per heavy atom. The summed E-state index contributed by atoms with van der Waals surface area (Å²) in [5, 5.41) is 15.5. The molecule has 0 radical (unpaired) electrons. The van der Waals surface area contributed by atoms with E-state index in [-0.39, 0.29) is 12.5 Å². The van der Waals surface area contributed by atoms with Gasteiger partial charge >= 0.3 is 0 Å². The number of carbonyl (C=O) groups is 1. The Morgan fingerprint density at radius 2 is 2.25 bits per heavy atom. The molecule has 0 aliphatic heterocycles. The summed E-state index contributed by atoms with van der Waals surface area (Å²) in [5.41, 5.74) is 2.07. The van der Waals surface area contributed by atoms with Crippen molar-refractivity contribution in [1.29, 1.82) is 0 Å². The highest BCUT2D eigenvalue weighted by molar-refractivity contribution is 6.05. The van der Waals surface area contributed by atoms with Crippen molar-refractivity contribution in [3.63, 3.8) is 0 Å². The minimum atomic E-state index is -0.254.